The molecule has 128 valence electrons. The molecule has 0 fully saturated rings. The van der Waals surface area contributed by atoms with E-state index in [1.54, 1.807) is 0 Å². The van der Waals surface area contributed by atoms with Crippen molar-refractivity contribution < 1.29 is 23.8 Å². The quantitative estimate of drug-likeness (QED) is 0.437. The summed E-state index contributed by atoms with van der Waals surface area (Å²) in [7, 11) is 2.62. The highest BCUT2D eigenvalue weighted by atomic mass is 16.5. The molecule has 1 unspecified atom stereocenters. The highest BCUT2D eigenvalue weighted by Crippen LogP contribution is 2.29. The summed E-state index contributed by atoms with van der Waals surface area (Å²) < 4.78 is 15.3. The first-order valence-electron chi connectivity index (χ1n) is 7.85. The number of carbonyl (C=O) groups is 2. The van der Waals surface area contributed by atoms with E-state index in [1.165, 1.54) is 14.2 Å². The van der Waals surface area contributed by atoms with Crippen LogP contribution in [0.25, 0.3) is 0 Å². The first-order chi connectivity index (χ1) is 11.7. The molecule has 1 aromatic carbocycles. The molecule has 0 saturated carbocycles. The van der Waals surface area contributed by atoms with Crippen LogP contribution in [0.4, 0.5) is 0 Å². The second kappa shape index (κ2) is 9.03. The van der Waals surface area contributed by atoms with Gasteiger partial charge in [0.2, 0.25) is 0 Å². The van der Waals surface area contributed by atoms with Crippen molar-refractivity contribution in [1.29, 1.82) is 0 Å². The second-order valence-corrected chi connectivity index (χ2v) is 5.44. The van der Waals surface area contributed by atoms with Gasteiger partial charge in [-0.3, -0.25) is 0 Å². The predicted octanol–water partition coefficient (Wildman–Crippen LogP) is 2.81. The molecule has 1 aliphatic rings. The molecule has 0 radical (unpaired) electrons. The maximum absolute atomic E-state index is 12.1. The molecule has 0 heterocycles. The van der Waals surface area contributed by atoms with Crippen molar-refractivity contribution in [2.24, 2.45) is 5.92 Å². The summed E-state index contributed by atoms with van der Waals surface area (Å²) in [5.41, 5.74) is 1.82. The van der Waals surface area contributed by atoms with Crippen LogP contribution in [-0.4, -0.2) is 32.8 Å². The smallest absolute Gasteiger partial charge is 0.334 e. The molecule has 0 aliphatic heterocycles. The number of methoxy groups -OCH3 is 2. The van der Waals surface area contributed by atoms with Gasteiger partial charge in [0.15, 0.2) is 0 Å². The minimum absolute atomic E-state index is 0.212. The number of allylic oxidation sites excluding steroid dienone is 2. The number of benzene rings is 1. The molecular formula is C19H22O5. The lowest BCUT2D eigenvalue weighted by atomic mass is 9.85. The van der Waals surface area contributed by atoms with Crippen LogP contribution in [0.2, 0.25) is 0 Å². The fourth-order valence-electron chi connectivity index (χ4n) is 2.70. The molecule has 1 atom stereocenters. The lowest BCUT2D eigenvalue weighted by molar-refractivity contribution is -0.139. The Morgan fingerprint density at radius 2 is 1.79 bits per heavy atom. The summed E-state index contributed by atoms with van der Waals surface area (Å²) in [4.78, 5) is 24.0. The van der Waals surface area contributed by atoms with Gasteiger partial charge in [-0.05, 0) is 18.4 Å². The van der Waals surface area contributed by atoms with Gasteiger partial charge in [0.05, 0.1) is 32.0 Å². The van der Waals surface area contributed by atoms with E-state index in [4.69, 9.17) is 14.2 Å². The van der Waals surface area contributed by atoms with Crippen LogP contribution in [0.3, 0.4) is 0 Å². The van der Waals surface area contributed by atoms with Crippen LogP contribution in [0.15, 0.2) is 53.6 Å². The van der Waals surface area contributed by atoms with Gasteiger partial charge in [0.25, 0.3) is 0 Å². The van der Waals surface area contributed by atoms with Gasteiger partial charge < -0.3 is 14.2 Å². The molecule has 5 nitrogen and oxygen atoms in total. The maximum Gasteiger partial charge on any atom is 0.334 e. The van der Waals surface area contributed by atoms with Crippen molar-refractivity contribution in [1.82, 2.24) is 0 Å². The van der Waals surface area contributed by atoms with E-state index in [0.717, 1.165) is 5.56 Å². The summed E-state index contributed by atoms with van der Waals surface area (Å²) in [6, 6.07) is 9.87. The number of ether oxygens (including phenoxy) is 3. The first-order valence-corrected chi connectivity index (χ1v) is 7.85. The topological polar surface area (TPSA) is 61.8 Å². The zero-order chi connectivity index (χ0) is 17.4. The fraction of sp³-hybridized carbons (Fsp3) is 0.368. The number of rotatable bonds is 7. The van der Waals surface area contributed by atoms with Crippen LogP contribution >= 0.6 is 0 Å². The molecule has 0 saturated heterocycles. The van der Waals surface area contributed by atoms with Crippen LogP contribution < -0.4 is 0 Å². The highest BCUT2D eigenvalue weighted by molar-refractivity contribution is 6.01. The van der Waals surface area contributed by atoms with Crippen molar-refractivity contribution in [2.75, 3.05) is 20.8 Å². The van der Waals surface area contributed by atoms with Crippen LogP contribution in [0.1, 0.15) is 18.4 Å². The van der Waals surface area contributed by atoms with E-state index in [0.29, 0.717) is 37.2 Å². The molecular weight excluding hydrogens is 308 g/mol. The van der Waals surface area contributed by atoms with Gasteiger partial charge in [0, 0.05) is 12.5 Å². The highest BCUT2D eigenvalue weighted by Gasteiger charge is 2.29. The van der Waals surface area contributed by atoms with Crippen molar-refractivity contribution in [2.45, 2.75) is 19.4 Å². The van der Waals surface area contributed by atoms with Crippen molar-refractivity contribution >= 4 is 11.9 Å². The van der Waals surface area contributed by atoms with E-state index in [2.05, 4.69) is 0 Å². The maximum atomic E-state index is 12.1. The SMILES string of the molecule is COC(=O)C1=C(C(=O)OC)C(CCOCc2ccccc2)C=CC1. The Morgan fingerprint density at radius 1 is 1.08 bits per heavy atom. The fourth-order valence-corrected chi connectivity index (χ4v) is 2.70. The molecule has 5 heteroatoms. The average molecular weight is 330 g/mol. The van der Waals surface area contributed by atoms with E-state index < -0.39 is 11.9 Å². The second-order valence-electron chi connectivity index (χ2n) is 5.44. The first kappa shape index (κ1) is 17.9. The van der Waals surface area contributed by atoms with E-state index in [-0.39, 0.29) is 5.92 Å². The van der Waals surface area contributed by atoms with Crippen LogP contribution in [-0.2, 0) is 30.4 Å². The average Bonchev–Trinajstić information content (AvgIpc) is 2.64. The zero-order valence-corrected chi connectivity index (χ0v) is 14.0. The Hall–Kier alpha value is -2.40. The molecule has 0 spiro atoms. The van der Waals surface area contributed by atoms with E-state index in [1.807, 2.05) is 42.5 Å². The van der Waals surface area contributed by atoms with Crippen molar-refractivity contribution in [3.63, 3.8) is 0 Å². The molecule has 0 aromatic heterocycles. The Kier molecular flexibility index (Phi) is 6.75. The van der Waals surface area contributed by atoms with Crippen LogP contribution in [0.5, 0.6) is 0 Å². The van der Waals surface area contributed by atoms with Crippen molar-refractivity contribution in [3.05, 3.63) is 59.2 Å². The monoisotopic (exact) mass is 330 g/mol. The summed E-state index contributed by atoms with van der Waals surface area (Å²) in [5.74, 6) is -1.20. The van der Waals surface area contributed by atoms with E-state index >= 15 is 0 Å². The van der Waals surface area contributed by atoms with Gasteiger partial charge in [-0.25, -0.2) is 9.59 Å². The third-order valence-corrected chi connectivity index (χ3v) is 3.91. The molecule has 0 N–H and O–H groups in total. The lowest BCUT2D eigenvalue weighted by Gasteiger charge is -2.22. The number of hydrogen-bond donors (Lipinski definition) is 0. The summed E-state index contributed by atoms with van der Waals surface area (Å²) in [5, 5.41) is 0. The predicted molar refractivity (Wildman–Crippen MR) is 89.0 cm³/mol. The summed E-state index contributed by atoms with van der Waals surface area (Å²) in [6.45, 7) is 0.983. The van der Waals surface area contributed by atoms with Crippen LogP contribution in [0, 0.1) is 5.92 Å². The molecule has 2 rings (SSSR count). The largest absolute Gasteiger partial charge is 0.466 e. The van der Waals surface area contributed by atoms with Gasteiger partial charge in [-0.2, -0.15) is 0 Å². The molecule has 1 aliphatic carbocycles. The van der Waals surface area contributed by atoms with E-state index in [9.17, 15) is 9.59 Å². The Labute approximate surface area is 141 Å². The normalized spacial score (nSPS) is 16.8. The minimum atomic E-state index is -0.493. The Bertz CT molecular complexity index is 630. The Morgan fingerprint density at radius 3 is 2.46 bits per heavy atom. The third kappa shape index (κ3) is 4.55. The molecule has 0 amide bonds. The molecule has 24 heavy (non-hydrogen) atoms. The van der Waals surface area contributed by atoms with Gasteiger partial charge in [0.1, 0.15) is 0 Å². The summed E-state index contributed by atoms with van der Waals surface area (Å²) >= 11 is 0. The number of esters is 2. The standard InChI is InChI=1S/C19H22O5/c1-22-18(20)16-10-6-9-15(17(16)19(21)23-2)11-12-24-13-14-7-4-3-5-8-14/h3-9,15H,10-13H2,1-2H3. The minimum Gasteiger partial charge on any atom is -0.466 e. The van der Waals surface area contributed by atoms with Gasteiger partial charge >= 0.3 is 11.9 Å². The molecule has 0 bridgehead atoms. The summed E-state index contributed by atoms with van der Waals surface area (Å²) in [6.07, 6.45) is 4.76. The number of carbonyl (C=O) groups excluding carboxylic acids is 2. The van der Waals surface area contributed by atoms with Gasteiger partial charge in [-0.15, -0.1) is 0 Å². The number of hydrogen-bond acceptors (Lipinski definition) is 5. The molecule has 1 aromatic rings. The lowest BCUT2D eigenvalue weighted by Crippen LogP contribution is -2.23. The van der Waals surface area contributed by atoms with Crippen molar-refractivity contribution in [3.8, 4) is 0 Å². The Balaban J connectivity index is 2.00. The van der Waals surface area contributed by atoms with Gasteiger partial charge in [-0.1, -0.05) is 42.5 Å². The zero-order valence-electron chi connectivity index (χ0n) is 14.0. The third-order valence-electron chi connectivity index (χ3n) is 3.91.